The van der Waals surface area contributed by atoms with Crippen LogP contribution in [0.1, 0.15) is 16.1 Å². The van der Waals surface area contributed by atoms with Crippen molar-refractivity contribution in [2.75, 3.05) is 0 Å². The van der Waals surface area contributed by atoms with Crippen LogP contribution in [0.15, 0.2) is 18.2 Å². The van der Waals surface area contributed by atoms with Crippen molar-refractivity contribution in [3.05, 3.63) is 40.2 Å². The Hall–Kier alpha value is -1.75. The number of nitrogens with zero attached hydrogens (tertiary/aromatic N) is 1. The van der Waals surface area contributed by atoms with Gasteiger partial charge in [-0.3, -0.25) is 4.79 Å². The molecule has 0 saturated heterocycles. The Morgan fingerprint density at radius 1 is 1.44 bits per heavy atom. The molecule has 0 radical (unpaired) electrons. The van der Waals surface area contributed by atoms with Crippen LogP contribution in [-0.2, 0) is 11.2 Å². The van der Waals surface area contributed by atoms with Gasteiger partial charge in [0, 0.05) is 10.4 Å². The Kier molecular flexibility index (Phi) is 3.43. The average Bonchev–Trinajstić information content (AvgIpc) is 2.63. The number of hydrogen-bond acceptors (Lipinski definition) is 3. The standard InChI is InChI=1S/C13H12FNO2S/c1-7-3-4-9(14)5-10(7)13-15-8(2)11(18-13)6-12(16)17/h3-5H,6H2,1-2H3,(H,16,17). The number of carboxylic acid groups (broad SMARTS) is 1. The first-order chi connectivity index (χ1) is 8.47. The van der Waals surface area contributed by atoms with Crippen molar-refractivity contribution in [1.82, 2.24) is 4.98 Å². The van der Waals surface area contributed by atoms with Gasteiger partial charge in [-0.25, -0.2) is 9.37 Å². The number of halogens is 1. The fourth-order valence-corrected chi connectivity index (χ4v) is 2.80. The zero-order valence-electron chi connectivity index (χ0n) is 10.0. The summed E-state index contributed by atoms with van der Waals surface area (Å²) in [6, 6.07) is 4.52. The first-order valence-corrected chi connectivity index (χ1v) is 6.23. The van der Waals surface area contributed by atoms with Crippen LogP contribution < -0.4 is 0 Å². The van der Waals surface area contributed by atoms with Crippen LogP contribution in [0.4, 0.5) is 4.39 Å². The highest BCUT2D eigenvalue weighted by molar-refractivity contribution is 7.15. The normalized spacial score (nSPS) is 10.6. The lowest BCUT2D eigenvalue weighted by atomic mass is 10.1. The molecule has 1 aromatic carbocycles. The van der Waals surface area contributed by atoms with Gasteiger partial charge in [0.15, 0.2) is 0 Å². The highest BCUT2D eigenvalue weighted by Gasteiger charge is 2.14. The maximum Gasteiger partial charge on any atom is 0.308 e. The van der Waals surface area contributed by atoms with E-state index >= 15 is 0 Å². The SMILES string of the molecule is Cc1ccc(F)cc1-c1nc(C)c(CC(=O)O)s1. The van der Waals surface area contributed by atoms with Crippen LogP contribution in [0, 0.1) is 19.7 Å². The molecule has 1 heterocycles. The second-order valence-corrected chi connectivity index (χ2v) is 5.14. The van der Waals surface area contributed by atoms with E-state index in [0.717, 1.165) is 11.1 Å². The van der Waals surface area contributed by atoms with Gasteiger partial charge in [-0.05, 0) is 31.5 Å². The molecule has 0 fully saturated rings. The summed E-state index contributed by atoms with van der Waals surface area (Å²) in [5.74, 6) is -1.20. The summed E-state index contributed by atoms with van der Waals surface area (Å²) >= 11 is 1.31. The molecule has 1 N–H and O–H groups in total. The summed E-state index contributed by atoms with van der Waals surface area (Å²) in [4.78, 5) is 15.7. The molecule has 18 heavy (non-hydrogen) atoms. The van der Waals surface area contributed by atoms with E-state index in [1.54, 1.807) is 13.0 Å². The van der Waals surface area contributed by atoms with Gasteiger partial charge in [-0.1, -0.05) is 6.07 Å². The molecular weight excluding hydrogens is 253 g/mol. The van der Waals surface area contributed by atoms with Crippen molar-refractivity contribution in [2.24, 2.45) is 0 Å². The lowest BCUT2D eigenvalue weighted by Crippen LogP contribution is -1.99. The third kappa shape index (κ3) is 2.56. The minimum Gasteiger partial charge on any atom is -0.481 e. The predicted molar refractivity (Wildman–Crippen MR) is 68.3 cm³/mol. The van der Waals surface area contributed by atoms with Gasteiger partial charge in [0.1, 0.15) is 10.8 Å². The molecule has 0 unspecified atom stereocenters. The Labute approximate surface area is 108 Å². The van der Waals surface area contributed by atoms with E-state index in [1.165, 1.54) is 23.5 Å². The first-order valence-electron chi connectivity index (χ1n) is 5.42. The molecule has 0 bridgehead atoms. The average molecular weight is 265 g/mol. The van der Waals surface area contributed by atoms with Gasteiger partial charge < -0.3 is 5.11 Å². The molecule has 3 nitrogen and oxygen atoms in total. The van der Waals surface area contributed by atoms with Crippen molar-refractivity contribution in [2.45, 2.75) is 20.3 Å². The van der Waals surface area contributed by atoms with Crippen LogP contribution >= 0.6 is 11.3 Å². The van der Waals surface area contributed by atoms with Crippen LogP contribution in [0.5, 0.6) is 0 Å². The molecule has 1 aromatic heterocycles. The number of aliphatic carboxylic acids is 1. The summed E-state index contributed by atoms with van der Waals surface area (Å²) < 4.78 is 13.2. The van der Waals surface area contributed by atoms with Crippen LogP contribution in [0.3, 0.4) is 0 Å². The van der Waals surface area contributed by atoms with Crippen LogP contribution in [-0.4, -0.2) is 16.1 Å². The maximum atomic E-state index is 13.2. The molecule has 94 valence electrons. The Bertz CT molecular complexity index is 607. The lowest BCUT2D eigenvalue weighted by Gasteiger charge is -2.01. The number of thiazole rings is 1. The number of rotatable bonds is 3. The number of carboxylic acids is 1. The molecule has 0 aliphatic carbocycles. The van der Waals surface area contributed by atoms with Gasteiger partial charge >= 0.3 is 5.97 Å². The molecule has 0 spiro atoms. The highest BCUT2D eigenvalue weighted by atomic mass is 32.1. The van der Waals surface area contributed by atoms with Crippen LogP contribution in [0.25, 0.3) is 10.6 Å². The summed E-state index contributed by atoms with van der Waals surface area (Å²) in [6.07, 6.45) is -0.0438. The number of hydrogen-bond donors (Lipinski definition) is 1. The Morgan fingerprint density at radius 3 is 2.83 bits per heavy atom. The molecule has 0 aliphatic heterocycles. The number of benzene rings is 1. The smallest absolute Gasteiger partial charge is 0.308 e. The van der Waals surface area contributed by atoms with Gasteiger partial charge in [0.25, 0.3) is 0 Å². The molecule has 2 rings (SSSR count). The minimum absolute atomic E-state index is 0.0438. The van der Waals surface area contributed by atoms with E-state index in [0.29, 0.717) is 15.6 Å². The van der Waals surface area contributed by atoms with E-state index < -0.39 is 5.97 Å². The van der Waals surface area contributed by atoms with E-state index in [2.05, 4.69) is 4.98 Å². The van der Waals surface area contributed by atoms with E-state index in [4.69, 9.17) is 5.11 Å². The molecule has 5 heteroatoms. The largest absolute Gasteiger partial charge is 0.481 e. The Morgan fingerprint density at radius 2 is 2.17 bits per heavy atom. The van der Waals surface area contributed by atoms with Crippen molar-refractivity contribution >= 4 is 17.3 Å². The monoisotopic (exact) mass is 265 g/mol. The molecule has 0 saturated carbocycles. The fraction of sp³-hybridized carbons (Fsp3) is 0.231. The van der Waals surface area contributed by atoms with Gasteiger partial charge in [-0.15, -0.1) is 11.3 Å². The molecular formula is C13H12FNO2S. The van der Waals surface area contributed by atoms with Crippen molar-refractivity contribution < 1.29 is 14.3 Å². The third-order valence-electron chi connectivity index (χ3n) is 2.63. The lowest BCUT2D eigenvalue weighted by molar-refractivity contribution is -0.136. The second-order valence-electron chi connectivity index (χ2n) is 4.06. The fourth-order valence-electron chi connectivity index (χ4n) is 1.67. The number of carbonyl (C=O) groups is 1. The minimum atomic E-state index is -0.885. The van der Waals surface area contributed by atoms with Crippen LogP contribution in [0.2, 0.25) is 0 Å². The first kappa shape index (κ1) is 12.7. The molecule has 0 amide bonds. The van der Waals surface area contributed by atoms with E-state index in [1.807, 2.05) is 6.92 Å². The van der Waals surface area contributed by atoms with Crippen molar-refractivity contribution in [3.8, 4) is 10.6 Å². The molecule has 2 aromatic rings. The summed E-state index contributed by atoms with van der Waals surface area (Å²) in [5, 5.41) is 9.46. The highest BCUT2D eigenvalue weighted by Crippen LogP contribution is 2.30. The summed E-state index contributed by atoms with van der Waals surface area (Å²) in [6.45, 7) is 3.65. The van der Waals surface area contributed by atoms with Gasteiger partial charge in [0.2, 0.25) is 0 Å². The van der Waals surface area contributed by atoms with Gasteiger partial charge in [-0.2, -0.15) is 0 Å². The zero-order chi connectivity index (χ0) is 13.3. The Balaban J connectivity index is 2.45. The molecule has 0 aliphatic rings. The third-order valence-corrected chi connectivity index (χ3v) is 3.83. The second kappa shape index (κ2) is 4.86. The molecule has 0 atom stereocenters. The summed E-state index contributed by atoms with van der Waals surface area (Å²) in [5.41, 5.74) is 2.34. The maximum absolute atomic E-state index is 13.2. The van der Waals surface area contributed by atoms with E-state index in [-0.39, 0.29) is 12.2 Å². The number of aryl methyl sites for hydroxylation is 2. The number of aromatic nitrogens is 1. The quantitative estimate of drug-likeness (QED) is 0.927. The topological polar surface area (TPSA) is 50.2 Å². The zero-order valence-corrected chi connectivity index (χ0v) is 10.8. The van der Waals surface area contributed by atoms with E-state index in [9.17, 15) is 9.18 Å². The van der Waals surface area contributed by atoms with Crippen molar-refractivity contribution in [1.29, 1.82) is 0 Å². The van der Waals surface area contributed by atoms with Crippen molar-refractivity contribution in [3.63, 3.8) is 0 Å². The predicted octanol–water partition coefficient (Wildman–Crippen LogP) is 3.19. The van der Waals surface area contributed by atoms with Gasteiger partial charge in [0.05, 0.1) is 12.1 Å². The summed E-state index contributed by atoms with van der Waals surface area (Å²) in [7, 11) is 0.